The van der Waals surface area contributed by atoms with E-state index in [1.165, 1.54) is 0 Å². The van der Waals surface area contributed by atoms with E-state index in [2.05, 4.69) is 5.32 Å². The predicted molar refractivity (Wildman–Crippen MR) is 67.4 cm³/mol. The first-order valence-electron chi connectivity index (χ1n) is 6.88. The van der Waals surface area contributed by atoms with Gasteiger partial charge < -0.3 is 11.1 Å². The highest BCUT2D eigenvalue weighted by Crippen LogP contribution is 2.37. The third-order valence-corrected chi connectivity index (χ3v) is 4.10. The summed E-state index contributed by atoms with van der Waals surface area (Å²) in [5, 5.41) is 2.77. The van der Waals surface area contributed by atoms with Gasteiger partial charge in [-0.15, -0.1) is 0 Å². The van der Waals surface area contributed by atoms with Gasteiger partial charge in [-0.3, -0.25) is 4.79 Å². The Morgan fingerprint density at radius 2 is 1.84 bits per heavy atom. The van der Waals surface area contributed by atoms with Crippen molar-refractivity contribution in [2.45, 2.75) is 64.2 Å². The number of hydrogen-bond donors (Lipinski definition) is 2. The molecule has 0 radical (unpaired) electrons. The molecule has 1 saturated carbocycles. The number of amides is 1. The lowest BCUT2D eigenvalue weighted by atomic mass is 9.85. The SMILES string of the molecule is CCC(C)C(N)C(=O)NC1CCC(C(F)(F)F)CC1. The molecule has 0 bridgehead atoms. The molecule has 1 fully saturated rings. The van der Waals surface area contributed by atoms with Crippen LogP contribution >= 0.6 is 0 Å². The second kappa shape index (κ2) is 6.59. The fourth-order valence-electron chi connectivity index (χ4n) is 2.37. The van der Waals surface area contributed by atoms with Gasteiger partial charge in [-0.1, -0.05) is 20.3 Å². The highest BCUT2D eigenvalue weighted by molar-refractivity contribution is 5.82. The normalized spacial score (nSPS) is 27.7. The zero-order valence-electron chi connectivity index (χ0n) is 11.5. The Hall–Kier alpha value is -0.780. The van der Waals surface area contributed by atoms with Crippen LogP contribution in [-0.2, 0) is 4.79 Å². The van der Waals surface area contributed by atoms with E-state index in [1.807, 2.05) is 13.8 Å². The lowest BCUT2D eigenvalue weighted by Gasteiger charge is -2.31. The maximum Gasteiger partial charge on any atom is 0.391 e. The van der Waals surface area contributed by atoms with Crippen LogP contribution in [0.25, 0.3) is 0 Å². The van der Waals surface area contributed by atoms with Gasteiger partial charge in [-0.05, 0) is 31.6 Å². The smallest absolute Gasteiger partial charge is 0.352 e. The molecule has 0 aromatic carbocycles. The van der Waals surface area contributed by atoms with Crippen LogP contribution in [0.2, 0.25) is 0 Å². The molecule has 3 nitrogen and oxygen atoms in total. The zero-order chi connectivity index (χ0) is 14.6. The number of nitrogens with one attached hydrogen (secondary N) is 1. The maximum atomic E-state index is 12.5. The van der Waals surface area contributed by atoms with Gasteiger partial charge in [0.25, 0.3) is 0 Å². The molecular formula is C13H23F3N2O. The molecule has 6 heteroatoms. The molecule has 0 aromatic rings. The third-order valence-electron chi connectivity index (χ3n) is 4.10. The molecule has 1 aliphatic rings. The Morgan fingerprint density at radius 3 is 2.26 bits per heavy atom. The summed E-state index contributed by atoms with van der Waals surface area (Å²) in [6.45, 7) is 3.84. The third kappa shape index (κ3) is 4.67. The van der Waals surface area contributed by atoms with E-state index in [4.69, 9.17) is 5.73 Å². The number of carbonyl (C=O) groups is 1. The van der Waals surface area contributed by atoms with Crippen molar-refractivity contribution in [1.29, 1.82) is 0 Å². The summed E-state index contributed by atoms with van der Waals surface area (Å²) < 4.78 is 37.5. The first-order chi connectivity index (χ1) is 8.75. The van der Waals surface area contributed by atoms with Gasteiger partial charge in [0.15, 0.2) is 0 Å². The number of rotatable bonds is 4. The first kappa shape index (κ1) is 16.3. The van der Waals surface area contributed by atoms with Crippen LogP contribution in [0.3, 0.4) is 0 Å². The van der Waals surface area contributed by atoms with Crippen molar-refractivity contribution in [2.75, 3.05) is 0 Å². The standard InChI is InChI=1S/C13H23F3N2O/c1-3-8(2)11(17)12(19)18-10-6-4-9(5-7-10)13(14,15)16/h8-11H,3-7,17H2,1-2H3,(H,18,19). The minimum atomic E-state index is -4.11. The van der Waals surface area contributed by atoms with Crippen LogP contribution in [0.15, 0.2) is 0 Å². The second-order valence-corrected chi connectivity index (χ2v) is 5.51. The van der Waals surface area contributed by atoms with Gasteiger partial charge >= 0.3 is 6.18 Å². The number of alkyl halides is 3. The summed E-state index contributed by atoms with van der Waals surface area (Å²) in [5.41, 5.74) is 5.79. The molecular weight excluding hydrogens is 257 g/mol. The van der Waals surface area contributed by atoms with Gasteiger partial charge in [-0.2, -0.15) is 13.2 Å². The summed E-state index contributed by atoms with van der Waals surface area (Å²) in [5.74, 6) is -1.39. The van der Waals surface area contributed by atoms with Crippen molar-refractivity contribution in [1.82, 2.24) is 5.32 Å². The van der Waals surface area contributed by atoms with Crippen LogP contribution in [0.1, 0.15) is 46.0 Å². The number of nitrogens with two attached hydrogens (primary N) is 1. The van der Waals surface area contributed by atoms with Crippen molar-refractivity contribution >= 4 is 5.91 Å². The molecule has 112 valence electrons. The van der Waals surface area contributed by atoms with Gasteiger partial charge in [0.2, 0.25) is 5.91 Å². The molecule has 1 rings (SSSR count). The average Bonchev–Trinajstić information content (AvgIpc) is 2.36. The fourth-order valence-corrected chi connectivity index (χ4v) is 2.37. The number of halogens is 3. The monoisotopic (exact) mass is 280 g/mol. The van der Waals surface area contributed by atoms with Crippen LogP contribution in [0.4, 0.5) is 13.2 Å². The van der Waals surface area contributed by atoms with E-state index >= 15 is 0 Å². The van der Waals surface area contributed by atoms with Gasteiger partial charge in [0.05, 0.1) is 12.0 Å². The Kier molecular flexibility index (Phi) is 5.64. The largest absolute Gasteiger partial charge is 0.391 e. The van der Waals surface area contributed by atoms with E-state index in [0.717, 1.165) is 6.42 Å². The van der Waals surface area contributed by atoms with E-state index in [-0.39, 0.29) is 30.7 Å². The second-order valence-electron chi connectivity index (χ2n) is 5.51. The molecule has 19 heavy (non-hydrogen) atoms. The van der Waals surface area contributed by atoms with E-state index in [1.54, 1.807) is 0 Å². The van der Waals surface area contributed by atoms with Crippen molar-refractivity contribution in [2.24, 2.45) is 17.6 Å². The Labute approximate surface area is 112 Å². The molecule has 0 aliphatic heterocycles. The highest BCUT2D eigenvalue weighted by atomic mass is 19.4. The molecule has 0 spiro atoms. The molecule has 2 unspecified atom stereocenters. The Bertz CT molecular complexity index is 299. The summed E-state index contributed by atoms with van der Waals surface area (Å²) in [6, 6.07) is -0.744. The average molecular weight is 280 g/mol. The summed E-state index contributed by atoms with van der Waals surface area (Å²) >= 11 is 0. The van der Waals surface area contributed by atoms with E-state index in [0.29, 0.717) is 12.8 Å². The van der Waals surface area contributed by atoms with Crippen molar-refractivity contribution in [3.05, 3.63) is 0 Å². The van der Waals surface area contributed by atoms with Crippen molar-refractivity contribution < 1.29 is 18.0 Å². The van der Waals surface area contributed by atoms with E-state index < -0.39 is 18.1 Å². The fraction of sp³-hybridized carbons (Fsp3) is 0.923. The molecule has 0 saturated heterocycles. The van der Waals surface area contributed by atoms with Crippen LogP contribution in [0.5, 0.6) is 0 Å². The predicted octanol–water partition coefficient (Wildman–Crippen LogP) is 2.60. The number of carbonyl (C=O) groups excluding carboxylic acids is 1. The summed E-state index contributed by atoms with van der Waals surface area (Å²) in [7, 11) is 0. The topological polar surface area (TPSA) is 55.1 Å². The summed E-state index contributed by atoms with van der Waals surface area (Å²) in [4.78, 5) is 11.8. The van der Waals surface area contributed by atoms with Crippen LogP contribution < -0.4 is 11.1 Å². The molecule has 1 amide bonds. The van der Waals surface area contributed by atoms with Gasteiger partial charge in [0, 0.05) is 6.04 Å². The molecule has 0 heterocycles. The van der Waals surface area contributed by atoms with Crippen molar-refractivity contribution in [3.8, 4) is 0 Å². The van der Waals surface area contributed by atoms with E-state index in [9.17, 15) is 18.0 Å². The Morgan fingerprint density at radius 1 is 1.32 bits per heavy atom. The van der Waals surface area contributed by atoms with Crippen LogP contribution in [0, 0.1) is 11.8 Å². The van der Waals surface area contributed by atoms with Crippen LogP contribution in [-0.4, -0.2) is 24.2 Å². The maximum absolute atomic E-state index is 12.5. The number of hydrogen-bond acceptors (Lipinski definition) is 2. The molecule has 0 aromatic heterocycles. The molecule has 2 atom stereocenters. The minimum absolute atomic E-state index is 0.0755. The lowest BCUT2D eigenvalue weighted by molar-refractivity contribution is -0.182. The molecule has 1 aliphatic carbocycles. The highest BCUT2D eigenvalue weighted by Gasteiger charge is 2.41. The quantitative estimate of drug-likeness (QED) is 0.831. The lowest BCUT2D eigenvalue weighted by Crippen LogP contribution is -2.49. The zero-order valence-corrected chi connectivity index (χ0v) is 11.5. The summed E-state index contributed by atoms with van der Waals surface area (Å²) in [6.07, 6.45) is -2.37. The molecule has 3 N–H and O–H groups in total. The first-order valence-corrected chi connectivity index (χ1v) is 6.88. The Balaban J connectivity index is 2.39. The van der Waals surface area contributed by atoms with Crippen molar-refractivity contribution in [3.63, 3.8) is 0 Å². The minimum Gasteiger partial charge on any atom is -0.352 e. The van der Waals surface area contributed by atoms with Gasteiger partial charge in [0.1, 0.15) is 0 Å². The van der Waals surface area contributed by atoms with Gasteiger partial charge in [-0.25, -0.2) is 0 Å².